The number of aromatic nitrogens is 2. The van der Waals surface area contributed by atoms with E-state index < -0.39 is 15.8 Å². The number of carbonyl (C=O) groups is 1. The molecule has 0 aromatic carbocycles. The molecule has 0 saturated heterocycles. The van der Waals surface area contributed by atoms with E-state index in [4.69, 9.17) is 10.5 Å². The Bertz CT molecular complexity index is 634. The molecule has 0 radical (unpaired) electrons. The molecule has 21 heavy (non-hydrogen) atoms. The van der Waals surface area contributed by atoms with Crippen molar-refractivity contribution in [1.29, 1.82) is 0 Å². The van der Waals surface area contributed by atoms with E-state index in [1.165, 1.54) is 0 Å². The average molecular weight is 316 g/mol. The number of hydrogen-bond acceptors (Lipinski definition) is 7. The van der Waals surface area contributed by atoms with Crippen LogP contribution in [0, 0.1) is 5.92 Å². The van der Waals surface area contributed by atoms with Crippen LogP contribution in [0.15, 0.2) is 4.90 Å². The molecular formula is C12H20N4O4S. The molecule has 1 fully saturated rings. The lowest BCUT2D eigenvalue weighted by atomic mass is 10.4. The quantitative estimate of drug-likeness (QED) is 0.693. The maximum atomic E-state index is 11.9. The lowest BCUT2D eigenvalue weighted by Crippen LogP contribution is -2.16. The van der Waals surface area contributed by atoms with E-state index in [0.29, 0.717) is 12.5 Å². The first-order valence-corrected chi connectivity index (χ1v) is 8.68. The van der Waals surface area contributed by atoms with Gasteiger partial charge in [0.1, 0.15) is 12.4 Å². The normalized spacial score (nSPS) is 15.0. The van der Waals surface area contributed by atoms with Crippen molar-refractivity contribution in [2.45, 2.75) is 31.2 Å². The first-order valence-electron chi connectivity index (χ1n) is 6.78. The maximum Gasteiger partial charge on any atom is 0.327 e. The molecule has 0 atom stereocenters. The fourth-order valence-corrected chi connectivity index (χ4v) is 2.90. The van der Waals surface area contributed by atoms with Gasteiger partial charge >= 0.3 is 5.97 Å². The monoisotopic (exact) mass is 316 g/mol. The second-order valence-electron chi connectivity index (χ2n) is 5.12. The van der Waals surface area contributed by atoms with Gasteiger partial charge in [-0.2, -0.15) is 5.10 Å². The number of anilines is 2. The molecule has 1 heterocycles. The van der Waals surface area contributed by atoms with Gasteiger partial charge in [-0.25, -0.2) is 13.1 Å². The molecule has 1 saturated carbocycles. The number of ether oxygens (including phenoxy) is 1. The molecule has 0 unspecified atom stereocenters. The summed E-state index contributed by atoms with van der Waals surface area (Å²) in [6, 6.07) is 0. The van der Waals surface area contributed by atoms with Gasteiger partial charge in [0.2, 0.25) is 0 Å². The van der Waals surface area contributed by atoms with E-state index in [9.17, 15) is 13.2 Å². The molecule has 3 N–H and O–H groups in total. The Morgan fingerprint density at radius 2 is 2.19 bits per heavy atom. The van der Waals surface area contributed by atoms with Gasteiger partial charge in [0.15, 0.2) is 20.6 Å². The first-order chi connectivity index (χ1) is 9.82. The van der Waals surface area contributed by atoms with Gasteiger partial charge < -0.3 is 15.8 Å². The summed E-state index contributed by atoms with van der Waals surface area (Å²) in [4.78, 5) is 11.4. The second kappa shape index (κ2) is 5.92. The summed E-state index contributed by atoms with van der Waals surface area (Å²) in [6.45, 7) is 2.37. The fourth-order valence-electron chi connectivity index (χ4n) is 1.95. The topological polar surface area (TPSA) is 116 Å². The van der Waals surface area contributed by atoms with Crippen molar-refractivity contribution in [3.8, 4) is 0 Å². The Kier molecular flexibility index (Phi) is 4.40. The standard InChI is InChI=1S/C12H20N4O4S/c1-3-20-9(17)7-16-11(13)10(21(2,18)19)12(15-16)14-6-8-4-5-8/h8H,3-7,13H2,1-2H3,(H,14,15). The maximum absolute atomic E-state index is 11.9. The van der Waals surface area contributed by atoms with E-state index in [1.807, 2.05) is 0 Å². The van der Waals surface area contributed by atoms with Crippen molar-refractivity contribution < 1.29 is 17.9 Å². The van der Waals surface area contributed by atoms with E-state index in [2.05, 4.69) is 10.4 Å². The van der Waals surface area contributed by atoms with Crippen LogP contribution in [0.1, 0.15) is 19.8 Å². The van der Waals surface area contributed by atoms with Crippen molar-refractivity contribution in [3.63, 3.8) is 0 Å². The van der Waals surface area contributed by atoms with Gasteiger partial charge in [0.05, 0.1) is 6.61 Å². The highest BCUT2D eigenvalue weighted by atomic mass is 32.2. The highest BCUT2D eigenvalue weighted by Crippen LogP contribution is 2.31. The molecule has 0 spiro atoms. The summed E-state index contributed by atoms with van der Waals surface area (Å²) in [6.07, 6.45) is 3.32. The molecule has 1 aliphatic rings. The number of esters is 1. The molecule has 1 aromatic heterocycles. The predicted octanol–water partition coefficient (Wildman–Crippen LogP) is 0.254. The summed E-state index contributed by atoms with van der Waals surface area (Å²) in [5.74, 6) is 0.185. The highest BCUT2D eigenvalue weighted by Gasteiger charge is 2.27. The molecule has 0 bridgehead atoms. The number of sulfone groups is 1. The van der Waals surface area contributed by atoms with Crippen molar-refractivity contribution in [2.24, 2.45) is 5.92 Å². The lowest BCUT2D eigenvalue weighted by molar-refractivity contribution is -0.144. The summed E-state index contributed by atoms with van der Waals surface area (Å²) < 4.78 is 29.7. The number of nitrogens with two attached hydrogens (primary N) is 1. The van der Waals surface area contributed by atoms with Crippen molar-refractivity contribution in [3.05, 3.63) is 0 Å². The molecule has 2 rings (SSSR count). The van der Waals surface area contributed by atoms with Crippen LogP contribution in [-0.4, -0.2) is 43.6 Å². The SMILES string of the molecule is CCOC(=O)Cn1nc(NCC2CC2)c(S(C)(=O)=O)c1N. The number of rotatable bonds is 7. The fraction of sp³-hybridized carbons (Fsp3) is 0.667. The molecule has 1 aliphatic carbocycles. The summed E-state index contributed by atoms with van der Waals surface area (Å²) in [7, 11) is -3.54. The van der Waals surface area contributed by atoms with Crippen LogP contribution in [0.2, 0.25) is 0 Å². The van der Waals surface area contributed by atoms with Crippen molar-refractivity contribution in [1.82, 2.24) is 9.78 Å². The minimum Gasteiger partial charge on any atom is -0.465 e. The third kappa shape index (κ3) is 3.87. The largest absolute Gasteiger partial charge is 0.465 e. The van der Waals surface area contributed by atoms with Crippen molar-refractivity contribution >= 4 is 27.4 Å². The number of hydrogen-bond donors (Lipinski definition) is 2. The molecule has 8 nitrogen and oxygen atoms in total. The molecular weight excluding hydrogens is 296 g/mol. The van der Waals surface area contributed by atoms with E-state index in [0.717, 1.165) is 23.8 Å². The van der Waals surface area contributed by atoms with Gasteiger partial charge in [0.25, 0.3) is 0 Å². The number of carbonyl (C=O) groups excluding carboxylic acids is 1. The Morgan fingerprint density at radius 1 is 1.52 bits per heavy atom. The summed E-state index contributed by atoms with van der Waals surface area (Å²) >= 11 is 0. The Balaban J connectivity index is 2.26. The van der Waals surface area contributed by atoms with Gasteiger partial charge in [0, 0.05) is 12.8 Å². The van der Waals surface area contributed by atoms with E-state index in [1.54, 1.807) is 6.92 Å². The van der Waals surface area contributed by atoms with Crippen LogP contribution in [-0.2, 0) is 25.9 Å². The lowest BCUT2D eigenvalue weighted by Gasteiger charge is -2.04. The zero-order chi connectivity index (χ0) is 15.6. The molecule has 0 aliphatic heterocycles. The van der Waals surface area contributed by atoms with E-state index >= 15 is 0 Å². The van der Waals surface area contributed by atoms with Gasteiger partial charge in [-0.15, -0.1) is 0 Å². The van der Waals surface area contributed by atoms with Gasteiger partial charge in [-0.05, 0) is 25.7 Å². The minimum absolute atomic E-state index is 0.0520. The first kappa shape index (κ1) is 15.6. The Labute approximate surface area is 123 Å². The second-order valence-corrected chi connectivity index (χ2v) is 7.07. The van der Waals surface area contributed by atoms with E-state index in [-0.39, 0.29) is 29.7 Å². The molecule has 0 amide bonds. The summed E-state index contributed by atoms with van der Waals surface area (Å²) in [5.41, 5.74) is 5.83. The third-order valence-electron chi connectivity index (χ3n) is 3.16. The molecule has 1 aromatic rings. The van der Waals surface area contributed by atoms with Gasteiger partial charge in [-0.3, -0.25) is 4.79 Å². The number of nitrogen functional groups attached to an aromatic ring is 1. The molecule has 118 valence electrons. The average Bonchev–Trinajstić information content (AvgIpc) is 3.12. The predicted molar refractivity (Wildman–Crippen MR) is 77.6 cm³/mol. The highest BCUT2D eigenvalue weighted by molar-refractivity contribution is 7.91. The number of nitrogens with zero attached hydrogens (tertiary/aromatic N) is 2. The zero-order valence-corrected chi connectivity index (χ0v) is 12.9. The van der Waals surface area contributed by atoms with Crippen LogP contribution in [0.4, 0.5) is 11.6 Å². The zero-order valence-electron chi connectivity index (χ0n) is 12.1. The number of nitrogens with one attached hydrogen (secondary N) is 1. The Hall–Kier alpha value is -1.77. The van der Waals surface area contributed by atoms with Crippen LogP contribution < -0.4 is 11.1 Å². The molecule has 9 heteroatoms. The van der Waals surface area contributed by atoms with Crippen LogP contribution >= 0.6 is 0 Å². The Morgan fingerprint density at radius 3 is 2.71 bits per heavy atom. The van der Waals surface area contributed by atoms with Crippen molar-refractivity contribution in [2.75, 3.05) is 30.5 Å². The van der Waals surface area contributed by atoms with Crippen LogP contribution in [0.5, 0.6) is 0 Å². The van der Waals surface area contributed by atoms with Crippen LogP contribution in [0.3, 0.4) is 0 Å². The summed E-state index contributed by atoms with van der Waals surface area (Å²) in [5, 5.41) is 7.10. The third-order valence-corrected chi connectivity index (χ3v) is 4.30. The van der Waals surface area contributed by atoms with Crippen LogP contribution in [0.25, 0.3) is 0 Å². The van der Waals surface area contributed by atoms with Gasteiger partial charge in [-0.1, -0.05) is 0 Å². The smallest absolute Gasteiger partial charge is 0.327 e. The minimum atomic E-state index is -3.54.